The molecule has 0 fully saturated rings. The van der Waals surface area contributed by atoms with Gasteiger partial charge in [0.25, 0.3) is 0 Å². The van der Waals surface area contributed by atoms with Crippen LogP contribution in [-0.4, -0.2) is 0 Å². The van der Waals surface area contributed by atoms with Gasteiger partial charge >= 0.3 is 0 Å². The van der Waals surface area contributed by atoms with Crippen LogP contribution in [-0.2, 0) is 19.5 Å². The maximum absolute atomic E-state index is 3.51. The van der Waals surface area contributed by atoms with Crippen LogP contribution in [0.5, 0.6) is 0 Å². The van der Waals surface area contributed by atoms with Crippen LogP contribution in [0.4, 0.5) is 0 Å². The van der Waals surface area contributed by atoms with Crippen molar-refractivity contribution in [2.24, 2.45) is 0 Å². The van der Waals surface area contributed by atoms with Gasteiger partial charge in [-0.15, -0.1) is 0 Å². The molecule has 1 heteroatoms. The molecule has 0 saturated heterocycles. The zero-order valence-corrected chi connectivity index (χ0v) is 6.24. The molecule has 0 heterocycles. The topological polar surface area (TPSA) is 0 Å². The second-order valence-electron chi connectivity index (χ2n) is 1.07. The van der Waals surface area contributed by atoms with Gasteiger partial charge in [-0.2, -0.15) is 0 Å². The average Bonchev–Trinajstić information content (AvgIpc) is 1.61. The first-order valence-corrected chi connectivity index (χ1v) is 2.19. The van der Waals surface area contributed by atoms with Crippen LogP contribution >= 0.6 is 0 Å². The SMILES string of the molecule is C=CC=CCC.[Ru]. The van der Waals surface area contributed by atoms with Crippen LogP contribution in [0, 0.1) is 0 Å². The molecule has 0 amide bonds. The Morgan fingerprint density at radius 3 is 2.29 bits per heavy atom. The summed E-state index contributed by atoms with van der Waals surface area (Å²) in [6, 6.07) is 0. The van der Waals surface area contributed by atoms with Crippen molar-refractivity contribution in [3.8, 4) is 0 Å². The van der Waals surface area contributed by atoms with E-state index < -0.39 is 0 Å². The third-order valence-corrected chi connectivity index (χ3v) is 0.508. The Morgan fingerprint density at radius 1 is 1.57 bits per heavy atom. The number of allylic oxidation sites excluding steroid dienone is 3. The third kappa shape index (κ3) is 10.7. The Labute approximate surface area is 58.1 Å². The van der Waals surface area contributed by atoms with Crippen LogP contribution < -0.4 is 0 Å². The molecule has 0 spiro atoms. The van der Waals surface area contributed by atoms with E-state index in [9.17, 15) is 0 Å². The first kappa shape index (κ1) is 10.2. The van der Waals surface area contributed by atoms with E-state index in [1.807, 2.05) is 6.08 Å². The van der Waals surface area contributed by atoms with E-state index in [1.54, 1.807) is 6.08 Å². The van der Waals surface area contributed by atoms with Crippen molar-refractivity contribution >= 4 is 0 Å². The molecule has 0 radical (unpaired) electrons. The molecule has 0 aromatic carbocycles. The van der Waals surface area contributed by atoms with Crippen molar-refractivity contribution in [1.82, 2.24) is 0 Å². The molecule has 0 N–H and O–H groups in total. The second kappa shape index (κ2) is 9.44. The van der Waals surface area contributed by atoms with Gasteiger partial charge in [-0.3, -0.25) is 0 Å². The van der Waals surface area contributed by atoms with E-state index in [1.165, 1.54) is 0 Å². The maximum atomic E-state index is 3.51. The van der Waals surface area contributed by atoms with Crippen molar-refractivity contribution in [3.63, 3.8) is 0 Å². The summed E-state index contributed by atoms with van der Waals surface area (Å²) in [5.41, 5.74) is 0. The third-order valence-electron chi connectivity index (χ3n) is 0.508. The quantitative estimate of drug-likeness (QED) is 0.454. The minimum Gasteiger partial charge on any atom is -0.0991 e. The first-order chi connectivity index (χ1) is 2.91. The fourth-order valence-electron chi connectivity index (χ4n) is 0.232. The number of rotatable bonds is 2. The fraction of sp³-hybridized carbons (Fsp3) is 0.333. The molecule has 0 atom stereocenters. The van der Waals surface area contributed by atoms with E-state index in [2.05, 4.69) is 19.6 Å². The zero-order valence-electron chi connectivity index (χ0n) is 4.50. The van der Waals surface area contributed by atoms with E-state index in [0.29, 0.717) is 0 Å². The van der Waals surface area contributed by atoms with E-state index in [-0.39, 0.29) is 19.5 Å². The Bertz CT molecular complexity index is 55.2. The second-order valence-corrected chi connectivity index (χ2v) is 1.07. The minimum absolute atomic E-state index is 0. The number of hydrogen-bond acceptors (Lipinski definition) is 0. The Morgan fingerprint density at radius 2 is 2.14 bits per heavy atom. The fourth-order valence-corrected chi connectivity index (χ4v) is 0.232. The smallest absolute Gasteiger partial charge is 0 e. The van der Waals surface area contributed by atoms with Gasteiger partial charge in [0.2, 0.25) is 0 Å². The summed E-state index contributed by atoms with van der Waals surface area (Å²) >= 11 is 0. The summed E-state index contributed by atoms with van der Waals surface area (Å²) in [4.78, 5) is 0. The Hall–Kier alpha value is 0.103. The summed E-state index contributed by atoms with van der Waals surface area (Å²) in [6.45, 7) is 5.61. The summed E-state index contributed by atoms with van der Waals surface area (Å²) in [5, 5.41) is 0. The maximum Gasteiger partial charge on any atom is 0 e. The molecule has 0 aliphatic rings. The molecule has 7 heavy (non-hydrogen) atoms. The van der Waals surface area contributed by atoms with Crippen molar-refractivity contribution in [3.05, 3.63) is 24.8 Å². The molecule has 0 unspecified atom stereocenters. The van der Waals surface area contributed by atoms with E-state index >= 15 is 0 Å². The predicted molar refractivity (Wildman–Crippen MR) is 29.6 cm³/mol. The molecule has 0 aromatic rings. The van der Waals surface area contributed by atoms with Crippen molar-refractivity contribution in [2.45, 2.75) is 13.3 Å². The molecule has 0 nitrogen and oxygen atoms in total. The average molecular weight is 183 g/mol. The minimum atomic E-state index is 0. The predicted octanol–water partition coefficient (Wildman–Crippen LogP) is 2.14. The van der Waals surface area contributed by atoms with Gasteiger partial charge in [0.1, 0.15) is 0 Å². The van der Waals surface area contributed by atoms with Gasteiger partial charge in [-0.25, -0.2) is 0 Å². The summed E-state index contributed by atoms with van der Waals surface area (Å²) in [6.07, 6.45) is 6.89. The summed E-state index contributed by atoms with van der Waals surface area (Å²) in [7, 11) is 0. The molecule has 0 aliphatic heterocycles. The first-order valence-electron chi connectivity index (χ1n) is 2.19. The van der Waals surface area contributed by atoms with E-state index in [4.69, 9.17) is 0 Å². The van der Waals surface area contributed by atoms with Crippen LogP contribution in [0.15, 0.2) is 24.8 Å². The van der Waals surface area contributed by atoms with Crippen LogP contribution in [0.25, 0.3) is 0 Å². The molecule has 0 aliphatic carbocycles. The van der Waals surface area contributed by atoms with Gasteiger partial charge in [-0.05, 0) is 6.42 Å². The Kier molecular flexibility index (Phi) is 13.7. The van der Waals surface area contributed by atoms with Crippen LogP contribution in [0.3, 0.4) is 0 Å². The van der Waals surface area contributed by atoms with Crippen molar-refractivity contribution in [2.75, 3.05) is 0 Å². The molecule has 0 bridgehead atoms. The van der Waals surface area contributed by atoms with Gasteiger partial charge in [0, 0.05) is 19.5 Å². The van der Waals surface area contributed by atoms with Gasteiger partial charge in [-0.1, -0.05) is 31.7 Å². The van der Waals surface area contributed by atoms with Crippen molar-refractivity contribution in [1.29, 1.82) is 0 Å². The molecular formula is C6H10Ru. The van der Waals surface area contributed by atoms with Gasteiger partial charge in [0.15, 0.2) is 0 Å². The van der Waals surface area contributed by atoms with Gasteiger partial charge in [0.05, 0.1) is 0 Å². The summed E-state index contributed by atoms with van der Waals surface area (Å²) < 4.78 is 0. The summed E-state index contributed by atoms with van der Waals surface area (Å²) in [5.74, 6) is 0. The monoisotopic (exact) mass is 184 g/mol. The molecule has 0 rings (SSSR count). The normalized spacial score (nSPS) is 8.14. The Balaban J connectivity index is 0. The molecule has 0 aromatic heterocycles. The zero-order chi connectivity index (χ0) is 4.83. The van der Waals surface area contributed by atoms with Crippen LogP contribution in [0.1, 0.15) is 13.3 Å². The molecular weight excluding hydrogens is 173 g/mol. The van der Waals surface area contributed by atoms with E-state index in [0.717, 1.165) is 6.42 Å². The molecule has 42 valence electrons. The van der Waals surface area contributed by atoms with Gasteiger partial charge < -0.3 is 0 Å². The van der Waals surface area contributed by atoms with Crippen molar-refractivity contribution < 1.29 is 19.5 Å². The standard InChI is InChI=1S/C6H10.Ru/c1-3-5-6-4-2;/h3,5-6H,1,4H2,2H3;. The molecule has 0 saturated carbocycles. The van der Waals surface area contributed by atoms with Crippen LogP contribution in [0.2, 0.25) is 0 Å². The number of hydrogen-bond donors (Lipinski definition) is 0. The largest absolute Gasteiger partial charge is 0.0991 e.